The van der Waals surface area contributed by atoms with Crippen LogP contribution in [0, 0.1) is 0 Å². The molecule has 0 bridgehead atoms. The number of halogens is 2. The van der Waals surface area contributed by atoms with Crippen LogP contribution in [0.4, 0.5) is 0 Å². The number of para-hydroxylation sites is 1. The molecule has 0 aliphatic rings. The number of hydrogen-bond acceptors (Lipinski definition) is 5. The fourth-order valence-corrected chi connectivity index (χ4v) is 2.90. The van der Waals surface area contributed by atoms with Crippen LogP contribution in [0.2, 0.25) is 0 Å². The molecule has 0 unspecified atom stereocenters. The van der Waals surface area contributed by atoms with Gasteiger partial charge in [0.25, 0.3) is 0 Å². The summed E-state index contributed by atoms with van der Waals surface area (Å²) >= 11 is 1.65. The Bertz CT molecular complexity index is 716. The predicted octanol–water partition coefficient (Wildman–Crippen LogP) is 2.73. The van der Waals surface area contributed by atoms with E-state index in [2.05, 4.69) is 50.8 Å². The third-order valence-corrected chi connectivity index (χ3v) is 4.23. The summed E-state index contributed by atoms with van der Waals surface area (Å²) in [6.45, 7) is 1.77. The van der Waals surface area contributed by atoms with Gasteiger partial charge < -0.3 is 9.88 Å². The lowest BCUT2D eigenvalue weighted by atomic mass is 10.3. The van der Waals surface area contributed by atoms with Crippen molar-refractivity contribution in [2.45, 2.75) is 11.7 Å². The van der Waals surface area contributed by atoms with Gasteiger partial charge in [0.2, 0.25) is 5.16 Å². The van der Waals surface area contributed by atoms with Crippen molar-refractivity contribution in [2.75, 3.05) is 12.3 Å². The van der Waals surface area contributed by atoms with Crippen molar-refractivity contribution < 1.29 is 0 Å². The Morgan fingerprint density at radius 3 is 2.58 bits per heavy atom. The zero-order chi connectivity index (χ0) is 15.2. The van der Waals surface area contributed by atoms with Gasteiger partial charge in [-0.05, 0) is 34.7 Å². The zero-order valence-corrected chi connectivity index (χ0v) is 15.7. The predicted molar refractivity (Wildman–Crippen MR) is 101 cm³/mol. The van der Waals surface area contributed by atoms with Gasteiger partial charge in [-0.15, -0.1) is 29.9 Å². The topological polar surface area (TPSA) is 60.6 Å². The maximum absolute atomic E-state index is 4.09. The van der Waals surface area contributed by atoms with Crippen molar-refractivity contribution >= 4 is 36.6 Å². The second-order valence-electron chi connectivity index (χ2n) is 4.84. The monoisotopic (exact) mass is 386 g/mol. The molecule has 0 aliphatic heterocycles. The van der Waals surface area contributed by atoms with Crippen LogP contribution in [-0.4, -0.2) is 37.1 Å². The first-order valence-electron chi connectivity index (χ1n) is 7.12. The summed E-state index contributed by atoms with van der Waals surface area (Å²) in [6.07, 6.45) is 2.06. The first-order valence-corrected chi connectivity index (χ1v) is 8.10. The Hall–Kier alpha value is -1.54. The maximum atomic E-state index is 4.09. The fraction of sp³-hybridized carbons (Fsp3) is 0.267. The summed E-state index contributed by atoms with van der Waals surface area (Å²) in [7, 11) is 2.06. The van der Waals surface area contributed by atoms with Gasteiger partial charge in [-0.2, -0.15) is 4.68 Å². The molecular formula is C15H20Cl2N6S. The highest BCUT2D eigenvalue weighted by Gasteiger charge is 2.08. The number of nitrogens with zero attached hydrogens (tertiary/aromatic N) is 5. The molecule has 3 aromatic rings. The molecule has 0 aliphatic carbocycles. The van der Waals surface area contributed by atoms with Crippen molar-refractivity contribution in [1.82, 2.24) is 30.1 Å². The normalized spacial score (nSPS) is 10.0. The van der Waals surface area contributed by atoms with Crippen LogP contribution < -0.4 is 5.32 Å². The minimum atomic E-state index is 0. The molecule has 0 saturated heterocycles. The first-order chi connectivity index (χ1) is 10.8. The van der Waals surface area contributed by atoms with Crippen molar-refractivity contribution in [3.05, 3.63) is 54.4 Å². The number of benzene rings is 1. The van der Waals surface area contributed by atoms with Gasteiger partial charge in [0.15, 0.2) is 0 Å². The van der Waals surface area contributed by atoms with Crippen LogP contribution in [0.1, 0.15) is 5.69 Å². The minimum Gasteiger partial charge on any atom is -0.353 e. The van der Waals surface area contributed by atoms with Crippen molar-refractivity contribution in [1.29, 1.82) is 0 Å². The highest BCUT2D eigenvalue weighted by atomic mass is 35.5. The van der Waals surface area contributed by atoms with E-state index in [0.29, 0.717) is 0 Å². The van der Waals surface area contributed by atoms with Gasteiger partial charge >= 0.3 is 0 Å². The van der Waals surface area contributed by atoms with Crippen molar-refractivity contribution in [2.24, 2.45) is 7.05 Å². The second kappa shape index (κ2) is 10.4. The summed E-state index contributed by atoms with van der Waals surface area (Å²) in [6, 6.07) is 14.1. The van der Waals surface area contributed by atoms with Crippen LogP contribution in [0.25, 0.3) is 5.69 Å². The summed E-state index contributed by atoms with van der Waals surface area (Å²) in [5, 5.41) is 16.1. The highest BCUT2D eigenvalue weighted by Crippen LogP contribution is 2.17. The van der Waals surface area contributed by atoms with E-state index in [1.807, 2.05) is 30.3 Å². The van der Waals surface area contributed by atoms with E-state index in [0.717, 1.165) is 29.7 Å². The van der Waals surface area contributed by atoms with E-state index in [1.165, 1.54) is 5.69 Å². The van der Waals surface area contributed by atoms with Gasteiger partial charge in [-0.3, -0.25) is 0 Å². The molecule has 2 aromatic heterocycles. The molecule has 0 saturated carbocycles. The molecule has 0 atom stereocenters. The Labute approximate surface area is 157 Å². The van der Waals surface area contributed by atoms with Crippen LogP contribution in [0.15, 0.2) is 53.8 Å². The Morgan fingerprint density at radius 1 is 1.08 bits per heavy atom. The lowest BCUT2D eigenvalue weighted by Crippen LogP contribution is -2.18. The number of tetrazole rings is 1. The molecule has 1 aromatic carbocycles. The van der Waals surface area contributed by atoms with Gasteiger partial charge in [0.05, 0.1) is 5.69 Å². The summed E-state index contributed by atoms with van der Waals surface area (Å²) in [5.74, 6) is 0.914. The van der Waals surface area contributed by atoms with Gasteiger partial charge in [0, 0.05) is 37.8 Å². The molecule has 130 valence electrons. The van der Waals surface area contributed by atoms with E-state index < -0.39 is 0 Å². The largest absolute Gasteiger partial charge is 0.353 e. The number of nitrogens with one attached hydrogen (secondary N) is 1. The number of thioether (sulfide) groups is 1. The summed E-state index contributed by atoms with van der Waals surface area (Å²) in [4.78, 5) is 0. The molecule has 24 heavy (non-hydrogen) atoms. The first kappa shape index (κ1) is 20.5. The lowest BCUT2D eigenvalue weighted by molar-refractivity contribution is 0.682. The standard InChI is InChI=1S/C15H18N6S.2ClH/c1-20-10-5-8-14(20)12-16-9-11-22-15-17-18-19-21(15)13-6-3-2-4-7-13;;/h2-8,10,16H,9,11-12H2,1H3;2*1H. The Morgan fingerprint density at radius 2 is 1.88 bits per heavy atom. The van der Waals surface area contributed by atoms with Crippen LogP contribution in [0.3, 0.4) is 0 Å². The van der Waals surface area contributed by atoms with E-state index in [-0.39, 0.29) is 24.8 Å². The molecule has 0 fully saturated rings. The fourth-order valence-electron chi connectivity index (χ4n) is 2.11. The van der Waals surface area contributed by atoms with Gasteiger partial charge in [0.1, 0.15) is 0 Å². The van der Waals surface area contributed by atoms with E-state index >= 15 is 0 Å². The Balaban J connectivity index is 0.00000144. The third-order valence-electron chi connectivity index (χ3n) is 3.31. The molecule has 0 spiro atoms. The van der Waals surface area contributed by atoms with Crippen LogP contribution in [-0.2, 0) is 13.6 Å². The van der Waals surface area contributed by atoms with E-state index in [9.17, 15) is 0 Å². The smallest absolute Gasteiger partial charge is 0.214 e. The molecule has 3 rings (SSSR count). The molecule has 2 heterocycles. The summed E-state index contributed by atoms with van der Waals surface area (Å²) in [5.41, 5.74) is 2.26. The van der Waals surface area contributed by atoms with Gasteiger partial charge in [-0.25, -0.2) is 0 Å². The lowest BCUT2D eigenvalue weighted by Gasteiger charge is -2.06. The third kappa shape index (κ3) is 5.24. The molecule has 1 N–H and O–H groups in total. The zero-order valence-electron chi connectivity index (χ0n) is 13.2. The average molecular weight is 387 g/mol. The number of aryl methyl sites for hydroxylation is 1. The van der Waals surface area contributed by atoms with Crippen LogP contribution >= 0.6 is 36.6 Å². The minimum absolute atomic E-state index is 0. The number of rotatable bonds is 7. The quantitative estimate of drug-likeness (QED) is 0.499. The average Bonchev–Trinajstić information content (AvgIpc) is 3.17. The number of hydrogen-bond donors (Lipinski definition) is 1. The molecule has 0 radical (unpaired) electrons. The molecular weight excluding hydrogens is 367 g/mol. The summed E-state index contributed by atoms with van der Waals surface area (Å²) < 4.78 is 3.89. The van der Waals surface area contributed by atoms with Crippen LogP contribution in [0.5, 0.6) is 0 Å². The molecule has 6 nitrogen and oxygen atoms in total. The number of aromatic nitrogens is 5. The molecule has 9 heteroatoms. The Kier molecular flexibility index (Phi) is 8.84. The van der Waals surface area contributed by atoms with Crippen molar-refractivity contribution in [3.63, 3.8) is 0 Å². The van der Waals surface area contributed by atoms with Crippen molar-refractivity contribution in [3.8, 4) is 5.69 Å². The van der Waals surface area contributed by atoms with Gasteiger partial charge in [-0.1, -0.05) is 30.0 Å². The maximum Gasteiger partial charge on any atom is 0.214 e. The molecule has 0 amide bonds. The van der Waals surface area contributed by atoms with E-state index in [1.54, 1.807) is 16.4 Å². The second-order valence-corrected chi connectivity index (χ2v) is 5.91. The van der Waals surface area contributed by atoms with E-state index in [4.69, 9.17) is 0 Å². The SMILES string of the molecule is Cl.Cl.Cn1cccc1CNCCSc1nnnn1-c1ccccc1. The highest BCUT2D eigenvalue weighted by molar-refractivity contribution is 7.99.